The van der Waals surface area contributed by atoms with Gasteiger partial charge in [0, 0.05) is 6.61 Å². The van der Waals surface area contributed by atoms with E-state index in [-0.39, 0.29) is 23.7 Å². The van der Waals surface area contributed by atoms with Crippen LogP contribution in [0.4, 0.5) is 4.79 Å². The highest BCUT2D eigenvalue weighted by Crippen LogP contribution is 2.22. The molecule has 2 rings (SSSR count). The standard InChI is InChI=1S/C12H21NO5S/c1-2-17-12(14)13(8-11-4-3-6-18-11)10-5-7-19(15,16)9-10/h10-11H,2-9H2,1H3/t10-,11-/m0/s1. The molecular weight excluding hydrogens is 270 g/mol. The Morgan fingerprint density at radius 3 is 2.74 bits per heavy atom. The summed E-state index contributed by atoms with van der Waals surface area (Å²) in [6, 6.07) is -0.270. The summed E-state index contributed by atoms with van der Waals surface area (Å²) in [6.45, 7) is 3.18. The van der Waals surface area contributed by atoms with Gasteiger partial charge in [-0.25, -0.2) is 13.2 Å². The average Bonchev–Trinajstić information content (AvgIpc) is 2.95. The van der Waals surface area contributed by atoms with E-state index in [0.29, 0.717) is 26.2 Å². The van der Waals surface area contributed by atoms with Gasteiger partial charge in [-0.3, -0.25) is 0 Å². The van der Waals surface area contributed by atoms with Gasteiger partial charge in [-0.05, 0) is 26.2 Å². The first kappa shape index (κ1) is 14.6. The van der Waals surface area contributed by atoms with Crippen LogP contribution in [0.1, 0.15) is 26.2 Å². The van der Waals surface area contributed by atoms with E-state index < -0.39 is 15.9 Å². The maximum Gasteiger partial charge on any atom is 0.410 e. The monoisotopic (exact) mass is 291 g/mol. The lowest BCUT2D eigenvalue weighted by atomic mass is 10.2. The highest BCUT2D eigenvalue weighted by molar-refractivity contribution is 7.91. The lowest BCUT2D eigenvalue weighted by Gasteiger charge is -2.29. The average molecular weight is 291 g/mol. The van der Waals surface area contributed by atoms with Gasteiger partial charge in [0.1, 0.15) is 0 Å². The summed E-state index contributed by atoms with van der Waals surface area (Å²) >= 11 is 0. The van der Waals surface area contributed by atoms with Gasteiger partial charge in [-0.1, -0.05) is 0 Å². The number of carbonyl (C=O) groups is 1. The molecule has 0 aliphatic carbocycles. The minimum Gasteiger partial charge on any atom is -0.450 e. The van der Waals surface area contributed by atoms with Gasteiger partial charge >= 0.3 is 6.09 Å². The summed E-state index contributed by atoms with van der Waals surface area (Å²) in [5.74, 6) is 0.192. The van der Waals surface area contributed by atoms with Crippen LogP contribution in [0.3, 0.4) is 0 Å². The molecule has 2 aliphatic heterocycles. The van der Waals surface area contributed by atoms with Crippen LogP contribution < -0.4 is 0 Å². The van der Waals surface area contributed by atoms with Gasteiger partial charge in [0.15, 0.2) is 9.84 Å². The Bertz CT molecular complexity index is 416. The van der Waals surface area contributed by atoms with E-state index in [1.54, 1.807) is 11.8 Å². The summed E-state index contributed by atoms with van der Waals surface area (Å²) < 4.78 is 33.7. The van der Waals surface area contributed by atoms with Gasteiger partial charge in [0.2, 0.25) is 0 Å². The SMILES string of the molecule is CCOC(=O)N(C[C@@H]1CCCO1)[C@H]1CCS(=O)(=O)C1. The molecule has 0 N–H and O–H groups in total. The number of ether oxygens (including phenoxy) is 2. The van der Waals surface area contributed by atoms with Crippen LogP contribution in [0.5, 0.6) is 0 Å². The number of rotatable bonds is 4. The van der Waals surface area contributed by atoms with Crippen LogP contribution in [0.2, 0.25) is 0 Å². The topological polar surface area (TPSA) is 72.9 Å². The smallest absolute Gasteiger partial charge is 0.410 e. The Hall–Kier alpha value is -0.820. The minimum absolute atomic E-state index is 0.00714. The third-order valence-electron chi connectivity index (χ3n) is 3.58. The van der Waals surface area contributed by atoms with E-state index in [4.69, 9.17) is 9.47 Å². The van der Waals surface area contributed by atoms with Gasteiger partial charge in [-0.2, -0.15) is 0 Å². The van der Waals surface area contributed by atoms with Crippen LogP contribution in [0.25, 0.3) is 0 Å². The maximum atomic E-state index is 12.0. The van der Waals surface area contributed by atoms with Crippen molar-refractivity contribution in [1.29, 1.82) is 0 Å². The second-order valence-corrected chi connectivity index (χ2v) is 7.27. The molecule has 2 saturated heterocycles. The van der Waals surface area contributed by atoms with Gasteiger partial charge in [0.05, 0.1) is 36.8 Å². The van der Waals surface area contributed by atoms with Crippen LogP contribution in [-0.4, -0.2) is 62.8 Å². The number of hydrogen-bond donors (Lipinski definition) is 0. The number of nitrogens with zero attached hydrogens (tertiary/aromatic N) is 1. The highest BCUT2D eigenvalue weighted by Gasteiger charge is 2.37. The van der Waals surface area contributed by atoms with E-state index in [9.17, 15) is 13.2 Å². The third-order valence-corrected chi connectivity index (χ3v) is 5.33. The quantitative estimate of drug-likeness (QED) is 0.766. The molecule has 1 amide bonds. The number of hydrogen-bond acceptors (Lipinski definition) is 5. The zero-order valence-electron chi connectivity index (χ0n) is 11.2. The van der Waals surface area contributed by atoms with Crippen LogP contribution in [0.15, 0.2) is 0 Å². The normalized spacial score (nSPS) is 29.3. The fraction of sp³-hybridized carbons (Fsp3) is 0.917. The predicted octanol–water partition coefficient (Wildman–Crippen LogP) is 0.811. The predicted molar refractivity (Wildman–Crippen MR) is 69.8 cm³/mol. The second kappa shape index (κ2) is 6.09. The lowest BCUT2D eigenvalue weighted by Crippen LogP contribution is -2.45. The Kier molecular flexibility index (Phi) is 4.67. The molecular formula is C12H21NO5S. The van der Waals surface area contributed by atoms with Crippen molar-refractivity contribution in [2.75, 3.05) is 31.3 Å². The van der Waals surface area contributed by atoms with Crippen molar-refractivity contribution in [2.24, 2.45) is 0 Å². The zero-order valence-corrected chi connectivity index (χ0v) is 12.0. The van der Waals surface area contributed by atoms with Crippen molar-refractivity contribution in [1.82, 2.24) is 4.90 Å². The summed E-state index contributed by atoms with van der Waals surface area (Å²) in [4.78, 5) is 13.5. The Morgan fingerprint density at radius 2 is 2.21 bits per heavy atom. The Labute approximate surface area is 114 Å². The molecule has 2 atom stereocenters. The molecule has 2 heterocycles. The van der Waals surface area contributed by atoms with Gasteiger partial charge in [0.25, 0.3) is 0 Å². The summed E-state index contributed by atoms with van der Waals surface area (Å²) in [6.07, 6.45) is 1.97. The van der Waals surface area contributed by atoms with Gasteiger partial charge in [-0.15, -0.1) is 0 Å². The number of carbonyl (C=O) groups excluding carboxylic acids is 1. The molecule has 2 fully saturated rings. The van der Waals surface area contributed by atoms with Crippen LogP contribution >= 0.6 is 0 Å². The van der Waals surface area contributed by atoms with Crippen molar-refractivity contribution in [3.63, 3.8) is 0 Å². The molecule has 7 heteroatoms. The molecule has 2 aliphatic rings. The maximum absolute atomic E-state index is 12.0. The van der Waals surface area contributed by atoms with E-state index in [2.05, 4.69) is 0 Å². The first-order valence-electron chi connectivity index (χ1n) is 6.77. The summed E-state index contributed by atoms with van der Waals surface area (Å²) in [5.41, 5.74) is 0. The van der Waals surface area contributed by atoms with Crippen molar-refractivity contribution >= 4 is 15.9 Å². The number of sulfone groups is 1. The van der Waals surface area contributed by atoms with E-state index >= 15 is 0 Å². The van der Waals surface area contributed by atoms with Gasteiger partial charge < -0.3 is 14.4 Å². The highest BCUT2D eigenvalue weighted by atomic mass is 32.2. The molecule has 6 nitrogen and oxygen atoms in total. The summed E-state index contributed by atoms with van der Waals surface area (Å²) in [7, 11) is -3.01. The van der Waals surface area contributed by atoms with Crippen molar-refractivity contribution < 1.29 is 22.7 Å². The first-order chi connectivity index (χ1) is 9.02. The zero-order chi connectivity index (χ0) is 13.9. The molecule has 0 spiro atoms. The largest absolute Gasteiger partial charge is 0.450 e. The van der Waals surface area contributed by atoms with E-state index in [0.717, 1.165) is 12.8 Å². The molecule has 0 bridgehead atoms. The molecule has 0 aromatic carbocycles. The first-order valence-corrected chi connectivity index (χ1v) is 8.59. The fourth-order valence-corrected chi connectivity index (χ4v) is 4.34. The third kappa shape index (κ3) is 3.82. The molecule has 0 radical (unpaired) electrons. The number of amides is 1. The van der Waals surface area contributed by atoms with Crippen molar-refractivity contribution in [2.45, 2.75) is 38.3 Å². The van der Waals surface area contributed by atoms with E-state index in [1.165, 1.54) is 0 Å². The molecule has 0 aromatic heterocycles. The summed E-state index contributed by atoms with van der Waals surface area (Å²) in [5, 5.41) is 0. The molecule has 110 valence electrons. The van der Waals surface area contributed by atoms with Crippen LogP contribution in [0, 0.1) is 0 Å². The van der Waals surface area contributed by atoms with E-state index in [1.807, 2.05) is 0 Å². The van der Waals surface area contributed by atoms with Crippen molar-refractivity contribution in [3.05, 3.63) is 0 Å². The fourth-order valence-electron chi connectivity index (χ4n) is 2.61. The molecule has 0 unspecified atom stereocenters. The van der Waals surface area contributed by atoms with Crippen molar-refractivity contribution in [3.8, 4) is 0 Å². The minimum atomic E-state index is -3.01. The molecule has 0 saturated carbocycles. The lowest BCUT2D eigenvalue weighted by molar-refractivity contribution is 0.0463. The Balaban J connectivity index is 2.03. The molecule has 0 aromatic rings. The Morgan fingerprint density at radius 1 is 1.42 bits per heavy atom. The second-order valence-electron chi connectivity index (χ2n) is 5.04. The van der Waals surface area contributed by atoms with Crippen LogP contribution in [-0.2, 0) is 19.3 Å². The molecule has 19 heavy (non-hydrogen) atoms.